The molecule has 2 atom stereocenters. The van der Waals surface area contributed by atoms with Crippen LogP contribution in [0.4, 0.5) is 0 Å². The predicted molar refractivity (Wildman–Crippen MR) is 67.9 cm³/mol. The molecular formula is C11H21NO5S. The number of sulfone groups is 1. The van der Waals surface area contributed by atoms with Crippen LogP contribution in [0.25, 0.3) is 0 Å². The number of nitrogens with one attached hydrogen (secondary N) is 1. The van der Waals surface area contributed by atoms with E-state index in [1.54, 1.807) is 13.8 Å². The number of hydrogen-bond acceptors (Lipinski definition) is 4. The highest BCUT2D eigenvalue weighted by molar-refractivity contribution is 7.92. The number of carbonyl (C=O) groups is 2. The van der Waals surface area contributed by atoms with Crippen molar-refractivity contribution < 1.29 is 23.1 Å². The SMILES string of the molecule is CC[C@H](C)[C@H](NC(=O)CS(=O)(=O)C(C)C)C(=O)O. The first kappa shape index (κ1) is 16.9. The van der Waals surface area contributed by atoms with Crippen LogP contribution >= 0.6 is 0 Å². The van der Waals surface area contributed by atoms with Crippen molar-refractivity contribution in [2.45, 2.75) is 45.4 Å². The molecule has 6 nitrogen and oxygen atoms in total. The Morgan fingerprint density at radius 2 is 1.72 bits per heavy atom. The first-order valence-electron chi connectivity index (χ1n) is 5.85. The van der Waals surface area contributed by atoms with Gasteiger partial charge in [-0.2, -0.15) is 0 Å². The second-order valence-corrected chi connectivity index (χ2v) is 7.18. The summed E-state index contributed by atoms with van der Waals surface area (Å²) in [7, 11) is -3.51. The molecule has 18 heavy (non-hydrogen) atoms. The third-order valence-corrected chi connectivity index (χ3v) is 4.95. The van der Waals surface area contributed by atoms with Crippen LogP contribution in [0.1, 0.15) is 34.1 Å². The van der Waals surface area contributed by atoms with Crippen molar-refractivity contribution in [3.8, 4) is 0 Å². The van der Waals surface area contributed by atoms with Gasteiger partial charge in [0.05, 0.1) is 5.25 Å². The molecule has 7 heteroatoms. The number of amides is 1. The van der Waals surface area contributed by atoms with Crippen LogP contribution in [-0.4, -0.2) is 42.4 Å². The van der Waals surface area contributed by atoms with Crippen LogP contribution in [0.2, 0.25) is 0 Å². The minimum absolute atomic E-state index is 0.256. The highest BCUT2D eigenvalue weighted by Gasteiger charge is 2.28. The smallest absolute Gasteiger partial charge is 0.326 e. The van der Waals surface area contributed by atoms with E-state index in [9.17, 15) is 18.0 Å². The zero-order chi connectivity index (χ0) is 14.5. The van der Waals surface area contributed by atoms with E-state index in [1.807, 2.05) is 0 Å². The number of carboxylic acids is 1. The van der Waals surface area contributed by atoms with E-state index in [0.29, 0.717) is 6.42 Å². The molecule has 0 aromatic rings. The molecule has 0 bridgehead atoms. The molecule has 0 aliphatic carbocycles. The molecule has 0 radical (unpaired) electrons. The fourth-order valence-electron chi connectivity index (χ4n) is 1.25. The van der Waals surface area contributed by atoms with Gasteiger partial charge < -0.3 is 10.4 Å². The second-order valence-electron chi connectivity index (χ2n) is 4.62. The van der Waals surface area contributed by atoms with Gasteiger partial charge in [-0.05, 0) is 19.8 Å². The molecule has 0 saturated carbocycles. The lowest BCUT2D eigenvalue weighted by Gasteiger charge is -2.20. The molecule has 0 aliphatic heterocycles. The average molecular weight is 279 g/mol. The van der Waals surface area contributed by atoms with Crippen molar-refractivity contribution in [1.82, 2.24) is 5.32 Å². The lowest BCUT2D eigenvalue weighted by Crippen LogP contribution is -2.47. The average Bonchev–Trinajstić information content (AvgIpc) is 2.23. The number of aliphatic carboxylic acids is 1. The van der Waals surface area contributed by atoms with Gasteiger partial charge in [0.1, 0.15) is 11.8 Å². The van der Waals surface area contributed by atoms with Gasteiger partial charge >= 0.3 is 5.97 Å². The Kier molecular flexibility index (Phi) is 6.31. The van der Waals surface area contributed by atoms with Crippen molar-refractivity contribution in [2.24, 2.45) is 5.92 Å². The van der Waals surface area contributed by atoms with Crippen molar-refractivity contribution in [3.05, 3.63) is 0 Å². The molecule has 0 aliphatic rings. The standard InChI is InChI=1S/C11H21NO5S/c1-5-8(4)10(11(14)15)12-9(13)6-18(16,17)7(2)3/h7-8,10H,5-6H2,1-4H3,(H,12,13)(H,14,15)/t8-,10-/m0/s1. The monoisotopic (exact) mass is 279 g/mol. The van der Waals surface area contributed by atoms with Crippen LogP contribution in [0.3, 0.4) is 0 Å². The molecule has 0 saturated heterocycles. The Labute approximate surface area is 108 Å². The van der Waals surface area contributed by atoms with Gasteiger partial charge in [0, 0.05) is 0 Å². The zero-order valence-electron chi connectivity index (χ0n) is 11.1. The molecule has 1 amide bonds. The van der Waals surface area contributed by atoms with Crippen LogP contribution in [0.15, 0.2) is 0 Å². The number of hydrogen-bond donors (Lipinski definition) is 2. The van der Waals surface area contributed by atoms with Crippen LogP contribution in [-0.2, 0) is 19.4 Å². The van der Waals surface area contributed by atoms with Crippen molar-refractivity contribution in [1.29, 1.82) is 0 Å². The van der Waals surface area contributed by atoms with E-state index in [1.165, 1.54) is 13.8 Å². The summed E-state index contributed by atoms with van der Waals surface area (Å²) < 4.78 is 23.0. The Hall–Kier alpha value is -1.11. The number of carbonyl (C=O) groups excluding carboxylic acids is 1. The fraction of sp³-hybridized carbons (Fsp3) is 0.818. The third kappa shape index (κ3) is 5.03. The predicted octanol–water partition coefficient (Wildman–Crippen LogP) is 0.425. The van der Waals surface area contributed by atoms with Crippen LogP contribution in [0, 0.1) is 5.92 Å². The fourth-order valence-corrected chi connectivity index (χ4v) is 2.03. The summed E-state index contributed by atoms with van der Waals surface area (Å²) in [6, 6.07) is -1.05. The summed E-state index contributed by atoms with van der Waals surface area (Å²) in [6.45, 7) is 6.45. The van der Waals surface area contributed by atoms with Gasteiger partial charge in [-0.1, -0.05) is 20.3 Å². The summed E-state index contributed by atoms with van der Waals surface area (Å²) in [5.74, 6) is -2.85. The van der Waals surface area contributed by atoms with Crippen LogP contribution in [0.5, 0.6) is 0 Å². The Morgan fingerprint density at radius 3 is 2.06 bits per heavy atom. The summed E-state index contributed by atoms with van der Waals surface area (Å²) in [5.41, 5.74) is 0. The largest absolute Gasteiger partial charge is 0.480 e. The van der Waals surface area contributed by atoms with Crippen LogP contribution < -0.4 is 5.32 Å². The van der Waals surface area contributed by atoms with E-state index in [0.717, 1.165) is 0 Å². The molecular weight excluding hydrogens is 258 g/mol. The molecule has 2 N–H and O–H groups in total. The summed E-state index contributed by atoms with van der Waals surface area (Å²) in [6.07, 6.45) is 0.578. The van der Waals surface area contributed by atoms with Gasteiger partial charge in [-0.3, -0.25) is 4.79 Å². The Morgan fingerprint density at radius 1 is 1.22 bits per heavy atom. The summed E-state index contributed by atoms with van der Waals surface area (Å²) in [5, 5.41) is 10.6. The lowest BCUT2D eigenvalue weighted by atomic mass is 9.99. The summed E-state index contributed by atoms with van der Waals surface area (Å²) in [4.78, 5) is 22.5. The molecule has 0 aromatic heterocycles. The van der Waals surface area contributed by atoms with Gasteiger partial charge in [-0.25, -0.2) is 13.2 Å². The second kappa shape index (κ2) is 6.72. The highest BCUT2D eigenvalue weighted by Crippen LogP contribution is 2.08. The molecule has 0 heterocycles. The normalized spacial score (nSPS) is 15.2. The van der Waals surface area contributed by atoms with E-state index in [2.05, 4.69) is 5.32 Å². The van der Waals surface area contributed by atoms with Gasteiger partial charge in [0.2, 0.25) is 5.91 Å². The first-order chi connectivity index (χ1) is 8.11. The quantitative estimate of drug-likeness (QED) is 0.703. The number of rotatable bonds is 7. The highest BCUT2D eigenvalue weighted by atomic mass is 32.2. The maximum Gasteiger partial charge on any atom is 0.326 e. The zero-order valence-corrected chi connectivity index (χ0v) is 12.0. The lowest BCUT2D eigenvalue weighted by molar-refractivity contribution is -0.143. The third-order valence-electron chi connectivity index (χ3n) is 2.85. The van der Waals surface area contributed by atoms with Crippen molar-refractivity contribution in [3.63, 3.8) is 0 Å². The molecule has 0 unspecified atom stereocenters. The molecule has 0 rings (SSSR count). The maximum atomic E-state index is 11.5. The van der Waals surface area contributed by atoms with Crippen molar-refractivity contribution >= 4 is 21.7 Å². The van der Waals surface area contributed by atoms with Gasteiger partial charge in [0.15, 0.2) is 9.84 Å². The van der Waals surface area contributed by atoms with E-state index < -0.39 is 38.8 Å². The minimum atomic E-state index is -3.51. The van der Waals surface area contributed by atoms with E-state index in [-0.39, 0.29) is 5.92 Å². The Balaban J connectivity index is 4.69. The topological polar surface area (TPSA) is 101 Å². The molecule has 0 spiro atoms. The molecule has 0 fully saturated rings. The first-order valence-corrected chi connectivity index (χ1v) is 7.57. The number of carboxylic acid groups (broad SMARTS) is 1. The minimum Gasteiger partial charge on any atom is -0.480 e. The maximum absolute atomic E-state index is 11.5. The van der Waals surface area contributed by atoms with E-state index >= 15 is 0 Å². The van der Waals surface area contributed by atoms with Crippen molar-refractivity contribution in [2.75, 3.05) is 5.75 Å². The van der Waals surface area contributed by atoms with Gasteiger partial charge in [-0.15, -0.1) is 0 Å². The Bertz CT molecular complexity index is 402. The molecule has 0 aromatic carbocycles. The summed E-state index contributed by atoms with van der Waals surface area (Å²) >= 11 is 0. The van der Waals surface area contributed by atoms with Gasteiger partial charge in [0.25, 0.3) is 0 Å². The molecule has 106 valence electrons. The van der Waals surface area contributed by atoms with E-state index in [4.69, 9.17) is 5.11 Å².